The number of rotatable bonds is 5. The second kappa shape index (κ2) is 7.11. The van der Waals surface area contributed by atoms with Crippen LogP contribution in [0.2, 0.25) is 0 Å². The molecule has 0 aromatic heterocycles. The van der Waals surface area contributed by atoms with Crippen LogP contribution >= 0.6 is 12.4 Å². The number of carboxylic acids is 1. The molecule has 0 saturated heterocycles. The molecule has 0 radical (unpaired) electrons. The van der Waals surface area contributed by atoms with Gasteiger partial charge in [-0.3, -0.25) is 0 Å². The van der Waals surface area contributed by atoms with Crippen molar-refractivity contribution >= 4 is 18.4 Å². The van der Waals surface area contributed by atoms with Crippen LogP contribution in [0.25, 0.3) is 0 Å². The number of aromatic carboxylic acids is 1. The van der Waals surface area contributed by atoms with Gasteiger partial charge in [0.2, 0.25) is 0 Å². The van der Waals surface area contributed by atoms with Gasteiger partial charge in [-0.15, -0.1) is 12.4 Å². The maximum Gasteiger partial charge on any atom is 0.339 e. The van der Waals surface area contributed by atoms with Gasteiger partial charge in [-0.1, -0.05) is 6.07 Å². The summed E-state index contributed by atoms with van der Waals surface area (Å²) in [5.74, 6) is -1.46. The van der Waals surface area contributed by atoms with Crippen molar-refractivity contribution in [3.63, 3.8) is 0 Å². The van der Waals surface area contributed by atoms with E-state index in [0.717, 1.165) is 0 Å². The van der Waals surface area contributed by atoms with Gasteiger partial charge in [0.1, 0.15) is 11.3 Å². The SMILES string of the molecule is Cl.N[C@H](CCCO)c1ccc(O)c(C(=O)O)c1. The molecule has 6 heteroatoms. The fourth-order valence-corrected chi connectivity index (χ4v) is 1.43. The summed E-state index contributed by atoms with van der Waals surface area (Å²) in [6, 6.07) is 3.94. The number of aliphatic hydroxyl groups excluding tert-OH is 1. The Morgan fingerprint density at radius 1 is 1.41 bits per heavy atom. The molecule has 0 fully saturated rings. The van der Waals surface area contributed by atoms with Crippen LogP contribution < -0.4 is 5.73 Å². The Morgan fingerprint density at radius 3 is 2.59 bits per heavy atom. The topological polar surface area (TPSA) is 104 Å². The van der Waals surface area contributed by atoms with E-state index < -0.39 is 5.97 Å². The van der Waals surface area contributed by atoms with E-state index in [1.807, 2.05) is 0 Å². The zero-order valence-corrected chi connectivity index (χ0v) is 9.98. The quantitative estimate of drug-likeness (QED) is 0.639. The lowest BCUT2D eigenvalue weighted by molar-refractivity contribution is 0.0693. The molecular formula is C11H16ClNO4. The highest BCUT2D eigenvalue weighted by Crippen LogP contribution is 2.23. The van der Waals surface area contributed by atoms with Crippen LogP contribution in [0.5, 0.6) is 5.75 Å². The predicted molar refractivity (Wildman–Crippen MR) is 65.6 cm³/mol. The first kappa shape index (κ1) is 15.7. The highest BCUT2D eigenvalue weighted by molar-refractivity contribution is 5.90. The van der Waals surface area contributed by atoms with Gasteiger partial charge >= 0.3 is 5.97 Å². The van der Waals surface area contributed by atoms with Crippen molar-refractivity contribution in [1.82, 2.24) is 0 Å². The lowest BCUT2D eigenvalue weighted by Crippen LogP contribution is -2.11. The molecular weight excluding hydrogens is 246 g/mol. The molecule has 0 unspecified atom stereocenters. The second-order valence-electron chi connectivity index (χ2n) is 3.55. The zero-order chi connectivity index (χ0) is 12.1. The van der Waals surface area contributed by atoms with Gasteiger partial charge < -0.3 is 21.1 Å². The monoisotopic (exact) mass is 261 g/mol. The lowest BCUT2D eigenvalue weighted by Gasteiger charge is -2.12. The van der Waals surface area contributed by atoms with Gasteiger partial charge in [0.15, 0.2) is 0 Å². The first-order chi connectivity index (χ1) is 7.56. The minimum absolute atomic E-state index is 0. The predicted octanol–water partition coefficient (Wildman–Crippen LogP) is 1.28. The maximum atomic E-state index is 10.8. The normalized spacial score (nSPS) is 11.6. The maximum absolute atomic E-state index is 10.8. The van der Waals surface area contributed by atoms with Crippen LogP contribution in [0.3, 0.4) is 0 Å². The fourth-order valence-electron chi connectivity index (χ4n) is 1.43. The first-order valence-electron chi connectivity index (χ1n) is 4.99. The highest BCUT2D eigenvalue weighted by atomic mass is 35.5. The number of phenols is 1. The Morgan fingerprint density at radius 2 is 2.06 bits per heavy atom. The van der Waals surface area contributed by atoms with Gasteiger partial charge in [0.05, 0.1) is 0 Å². The molecule has 5 nitrogen and oxygen atoms in total. The molecule has 1 atom stereocenters. The lowest BCUT2D eigenvalue weighted by atomic mass is 10.0. The van der Waals surface area contributed by atoms with Crippen LogP contribution in [0.15, 0.2) is 18.2 Å². The van der Waals surface area contributed by atoms with Crippen LogP contribution in [0, 0.1) is 0 Å². The number of carboxylic acid groups (broad SMARTS) is 1. The van der Waals surface area contributed by atoms with Crippen LogP contribution in [-0.2, 0) is 0 Å². The summed E-state index contributed by atoms with van der Waals surface area (Å²) < 4.78 is 0. The van der Waals surface area contributed by atoms with E-state index in [2.05, 4.69) is 0 Å². The molecule has 1 aromatic rings. The summed E-state index contributed by atoms with van der Waals surface area (Å²) in [7, 11) is 0. The summed E-state index contributed by atoms with van der Waals surface area (Å²) in [5.41, 5.74) is 6.30. The van der Waals surface area contributed by atoms with Gasteiger partial charge in [-0.2, -0.15) is 0 Å². The minimum Gasteiger partial charge on any atom is -0.507 e. The standard InChI is InChI=1S/C11H15NO4.ClH/c12-9(2-1-5-13)7-3-4-10(14)8(6-7)11(15)16;/h3-4,6,9,13-14H,1-2,5,12H2,(H,15,16);1H/t9-;/m1./s1. The Balaban J connectivity index is 0.00000256. The van der Waals surface area contributed by atoms with Crippen molar-refractivity contribution in [3.8, 4) is 5.75 Å². The number of aliphatic hydroxyl groups is 1. The molecule has 0 spiro atoms. The van der Waals surface area contributed by atoms with E-state index in [9.17, 15) is 9.90 Å². The third kappa shape index (κ3) is 4.22. The highest BCUT2D eigenvalue weighted by Gasteiger charge is 2.13. The molecule has 5 N–H and O–H groups in total. The van der Waals surface area contributed by atoms with Gasteiger partial charge in [0.25, 0.3) is 0 Å². The molecule has 96 valence electrons. The summed E-state index contributed by atoms with van der Waals surface area (Å²) in [6.07, 6.45) is 1.13. The molecule has 0 aliphatic heterocycles. The van der Waals surface area contributed by atoms with Crippen molar-refractivity contribution in [1.29, 1.82) is 0 Å². The molecule has 17 heavy (non-hydrogen) atoms. The Labute approximate surface area is 105 Å². The minimum atomic E-state index is -1.19. The first-order valence-corrected chi connectivity index (χ1v) is 4.99. The number of carbonyl (C=O) groups is 1. The molecule has 0 bridgehead atoms. The van der Waals surface area contributed by atoms with E-state index in [1.165, 1.54) is 12.1 Å². The van der Waals surface area contributed by atoms with Crippen molar-refractivity contribution in [2.75, 3.05) is 6.61 Å². The van der Waals surface area contributed by atoms with Crippen molar-refractivity contribution in [2.45, 2.75) is 18.9 Å². The summed E-state index contributed by atoms with van der Waals surface area (Å²) in [4.78, 5) is 10.8. The second-order valence-corrected chi connectivity index (χ2v) is 3.55. The van der Waals surface area contributed by atoms with E-state index in [-0.39, 0.29) is 36.4 Å². The third-order valence-corrected chi connectivity index (χ3v) is 2.35. The summed E-state index contributed by atoms with van der Waals surface area (Å²) >= 11 is 0. The summed E-state index contributed by atoms with van der Waals surface area (Å²) in [5, 5.41) is 26.8. The molecule has 0 aliphatic carbocycles. The molecule has 1 aromatic carbocycles. The average molecular weight is 262 g/mol. The number of halogens is 1. The van der Waals surface area contributed by atoms with E-state index in [0.29, 0.717) is 18.4 Å². The fraction of sp³-hybridized carbons (Fsp3) is 0.364. The molecule has 0 aliphatic rings. The number of hydrogen-bond donors (Lipinski definition) is 4. The largest absolute Gasteiger partial charge is 0.507 e. The Bertz CT molecular complexity index is 384. The zero-order valence-electron chi connectivity index (χ0n) is 9.17. The molecule has 0 heterocycles. The van der Waals surface area contributed by atoms with E-state index in [1.54, 1.807) is 6.07 Å². The van der Waals surface area contributed by atoms with Gasteiger partial charge in [-0.25, -0.2) is 4.79 Å². The van der Waals surface area contributed by atoms with E-state index in [4.69, 9.17) is 15.9 Å². The van der Waals surface area contributed by atoms with Crippen molar-refractivity contribution < 1.29 is 20.1 Å². The molecule has 0 amide bonds. The van der Waals surface area contributed by atoms with Gasteiger partial charge in [-0.05, 0) is 30.5 Å². The molecule has 0 saturated carbocycles. The third-order valence-electron chi connectivity index (χ3n) is 2.35. The Hall–Kier alpha value is -1.30. The Kier molecular flexibility index (Phi) is 6.57. The average Bonchev–Trinajstić information content (AvgIpc) is 2.26. The number of nitrogens with two attached hydrogens (primary N) is 1. The number of hydrogen-bond acceptors (Lipinski definition) is 4. The number of benzene rings is 1. The number of aromatic hydroxyl groups is 1. The van der Waals surface area contributed by atoms with Crippen LogP contribution in [-0.4, -0.2) is 27.9 Å². The van der Waals surface area contributed by atoms with E-state index >= 15 is 0 Å². The summed E-state index contributed by atoms with van der Waals surface area (Å²) in [6.45, 7) is 0.0531. The van der Waals surface area contributed by atoms with Crippen molar-refractivity contribution in [2.24, 2.45) is 5.73 Å². The van der Waals surface area contributed by atoms with Gasteiger partial charge in [0, 0.05) is 12.6 Å². The van der Waals surface area contributed by atoms with Crippen molar-refractivity contribution in [3.05, 3.63) is 29.3 Å². The molecule has 1 rings (SSSR count). The van der Waals surface area contributed by atoms with Crippen LogP contribution in [0.1, 0.15) is 34.8 Å². The smallest absolute Gasteiger partial charge is 0.339 e. The van der Waals surface area contributed by atoms with Crippen LogP contribution in [0.4, 0.5) is 0 Å².